The standard InChI is InChI=1S/C8H15NO.CH3.K/c1-8(10)9-6-4-2-3-5-7-9;;/h2-7H2,1H3;1H3;/q;-1;+1. The largest absolute Gasteiger partial charge is 1.00 e. The second-order valence-corrected chi connectivity index (χ2v) is 2.92. The van der Waals surface area contributed by atoms with E-state index in [4.69, 9.17) is 0 Å². The van der Waals surface area contributed by atoms with Crippen LogP contribution in [0, 0.1) is 7.43 Å². The number of hydrogen-bond donors (Lipinski definition) is 0. The maximum absolute atomic E-state index is 10.9. The fourth-order valence-electron chi connectivity index (χ4n) is 1.39. The second-order valence-electron chi connectivity index (χ2n) is 2.92. The molecule has 0 aromatic rings. The average Bonchev–Trinajstić information content (AvgIpc) is 2.12. The van der Waals surface area contributed by atoms with E-state index in [2.05, 4.69) is 0 Å². The SMILES string of the molecule is CC(=O)N1CCCCCC1.[CH3-].[K+]. The molecule has 1 rings (SSSR count). The third-order valence-corrected chi connectivity index (χ3v) is 2.05. The van der Waals surface area contributed by atoms with Crippen molar-refractivity contribution >= 4 is 5.91 Å². The van der Waals surface area contributed by atoms with Crippen LogP contribution in [0.15, 0.2) is 0 Å². The molecule has 0 saturated carbocycles. The average molecular weight is 195 g/mol. The first-order valence-electron chi connectivity index (χ1n) is 4.06. The monoisotopic (exact) mass is 195 g/mol. The van der Waals surface area contributed by atoms with Crippen molar-refractivity contribution in [3.8, 4) is 0 Å². The molecular formula is C9H18KNO. The molecule has 12 heavy (non-hydrogen) atoms. The van der Waals surface area contributed by atoms with Gasteiger partial charge in [0.15, 0.2) is 0 Å². The fourth-order valence-corrected chi connectivity index (χ4v) is 1.39. The number of carbonyl (C=O) groups is 1. The Morgan fingerprint density at radius 3 is 1.83 bits per heavy atom. The van der Waals surface area contributed by atoms with E-state index in [1.54, 1.807) is 6.92 Å². The van der Waals surface area contributed by atoms with Crippen molar-refractivity contribution in [3.63, 3.8) is 0 Å². The fraction of sp³-hybridized carbons (Fsp3) is 0.778. The topological polar surface area (TPSA) is 20.3 Å². The minimum Gasteiger partial charge on any atom is -0.358 e. The number of carbonyl (C=O) groups excluding carboxylic acids is 1. The summed E-state index contributed by atoms with van der Waals surface area (Å²) in [5.74, 6) is 0.238. The van der Waals surface area contributed by atoms with Gasteiger partial charge in [-0.2, -0.15) is 0 Å². The molecular weight excluding hydrogens is 177 g/mol. The molecule has 0 aromatic heterocycles. The van der Waals surface area contributed by atoms with E-state index in [0.717, 1.165) is 13.1 Å². The van der Waals surface area contributed by atoms with Crippen LogP contribution in [-0.2, 0) is 4.79 Å². The van der Waals surface area contributed by atoms with E-state index in [-0.39, 0.29) is 64.7 Å². The Balaban J connectivity index is 0. The van der Waals surface area contributed by atoms with E-state index >= 15 is 0 Å². The molecule has 1 saturated heterocycles. The first-order chi connectivity index (χ1) is 4.80. The molecule has 0 unspecified atom stereocenters. The Morgan fingerprint density at radius 1 is 1.08 bits per heavy atom. The molecule has 66 valence electrons. The maximum atomic E-state index is 10.9. The molecule has 1 amide bonds. The van der Waals surface area contributed by atoms with Crippen LogP contribution in [0.1, 0.15) is 32.6 Å². The Kier molecular flexibility index (Phi) is 11.3. The summed E-state index contributed by atoms with van der Waals surface area (Å²) in [6.07, 6.45) is 4.98. The van der Waals surface area contributed by atoms with E-state index in [1.165, 1.54) is 25.7 Å². The summed E-state index contributed by atoms with van der Waals surface area (Å²) in [6, 6.07) is 0. The van der Waals surface area contributed by atoms with Gasteiger partial charge in [0.25, 0.3) is 0 Å². The van der Waals surface area contributed by atoms with Gasteiger partial charge in [0, 0.05) is 20.0 Å². The normalized spacial score (nSPS) is 16.9. The number of rotatable bonds is 0. The summed E-state index contributed by atoms with van der Waals surface area (Å²) in [7, 11) is 0. The van der Waals surface area contributed by atoms with Crippen LogP contribution in [-0.4, -0.2) is 23.9 Å². The van der Waals surface area contributed by atoms with Gasteiger partial charge >= 0.3 is 51.4 Å². The summed E-state index contributed by atoms with van der Waals surface area (Å²) < 4.78 is 0. The summed E-state index contributed by atoms with van der Waals surface area (Å²) in [6.45, 7) is 3.62. The predicted octanol–water partition coefficient (Wildman–Crippen LogP) is -1.14. The zero-order valence-electron chi connectivity index (χ0n) is 8.60. The van der Waals surface area contributed by atoms with Crippen LogP contribution in [0.2, 0.25) is 0 Å². The molecule has 2 nitrogen and oxygen atoms in total. The zero-order chi connectivity index (χ0) is 7.40. The summed E-state index contributed by atoms with van der Waals surface area (Å²) in [5.41, 5.74) is 0. The number of hydrogen-bond acceptors (Lipinski definition) is 1. The maximum Gasteiger partial charge on any atom is 1.00 e. The number of nitrogens with zero attached hydrogens (tertiary/aromatic N) is 1. The van der Waals surface area contributed by atoms with Crippen LogP contribution >= 0.6 is 0 Å². The van der Waals surface area contributed by atoms with Gasteiger partial charge in [0.05, 0.1) is 0 Å². The molecule has 0 bridgehead atoms. The van der Waals surface area contributed by atoms with E-state index in [9.17, 15) is 4.79 Å². The van der Waals surface area contributed by atoms with Crippen LogP contribution in [0.4, 0.5) is 0 Å². The van der Waals surface area contributed by atoms with Gasteiger partial charge in [-0.3, -0.25) is 4.79 Å². The van der Waals surface area contributed by atoms with E-state index in [1.807, 2.05) is 4.90 Å². The first-order valence-corrected chi connectivity index (χ1v) is 4.06. The third kappa shape index (κ3) is 5.70. The van der Waals surface area contributed by atoms with Crippen molar-refractivity contribution in [1.29, 1.82) is 0 Å². The molecule has 0 aliphatic carbocycles. The molecule has 1 aliphatic heterocycles. The number of amides is 1. The molecule has 0 spiro atoms. The van der Waals surface area contributed by atoms with Gasteiger partial charge < -0.3 is 12.3 Å². The van der Waals surface area contributed by atoms with Crippen molar-refractivity contribution in [2.24, 2.45) is 0 Å². The zero-order valence-corrected chi connectivity index (χ0v) is 11.7. The molecule has 1 fully saturated rings. The van der Waals surface area contributed by atoms with Crippen molar-refractivity contribution in [2.75, 3.05) is 13.1 Å². The van der Waals surface area contributed by atoms with E-state index in [0.29, 0.717) is 0 Å². The molecule has 1 heterocycles. The van der Waals surface area contributed by atoms with Crippen LogP contribution < -0.4 is 51.4 Å². The molecule has 3 heteroatoms. The van der Waals surface area contributed by atoms with Crippen molar-refractivity contribution in [3.05, 3.63) is 7.43 Å². The Labute approximate surface area is 119 Å². The van der Waals surface area contributed by atoms with Gasteiger partial charge in [0.2, 0.25) is 5.91 Å². The Hall–Kier alpha value is 1.11. The van der Waals surface area contributed by atoms with Gasteiger partial charge in [0.1, 0.15) is 0 Å². The van der Waals surface area contributed by atoms with Gasteiger partial charge in [-0.15, -0.1) is 0 Å². The minimum atomic E-state index is 0. The van der Waals surface area contributed by atoms with Crippen molar-refractivity contribution in [1.82, 2.24) is 4.90 Å². The third-order valence-electron chi connectivity index (χ3n) is 2.05. The van der Waals surface area contributed by atoms with Crippen LogP contribution in [0.3, 0.4) is 0 Å². The number of likely N-dealkylation sites (tertiary alicyclic amines) is 1. The quantitative estimate of drug-likeness (QED) is 0.354. The van der Waals surface area contributed by atoms with Crippen molar-refractivity contribution < 1.29 is 56.2 Å². The molecule has 0 atom stereocenters. The Bertz CT molecular complexity index is 120. The molecule has 0 aromatic carbocycles. The molecule has 0 radical (unpaired) electrons. The summed E-state index contributed by atoms with van der Waals surface area (Å²) in [5, 5.41) is 0. The van der Waals surface area contributed by atoms with Crippen molar-refractivity contribution in [2.45, 2.75) is 32.6 Å². The molecule has 0 N–H and O–H groups in total. The van der Waals surface area contributed by atoms with Gasteiger partial charge in [-0.25, -0.2) is 0 Å². The van der Waals surface area contributed by atoms with E-state index < -0.39 is 0 Å². The van der Waals surface area contributed by atoms with Gasteiger partial charge in [-0.05, 0) is 12.8 Å². The van der Waals surface area contributed by atoms with Crippen LogP contribution in [0.5, 0.6) is 0 Å². The summed E-state index contributed by atoms with van der Waals surface area (Å²) >= 11 is 0. The van der Waals surface area contributed by atoms with Crippen LogP contribution in [0.25, 0.3) is 0 Å². The second kappa shape index (κ2) is 8.69. The first kappa shape index (κ1) is 15.6. The minimum absolute atomic E-state index is 0. The Morgan fingerprint density at radius 2 is 1.50 bits per heavy atom. The predicted molar refractivity (Wildman–Crippen MR) is 47.1 cm³/mol. The summed E-state index contributed by atoms with van der Waals surface area (Å²) in [4.78, 5) is 12.8. The molecule has 1 aliphatic rings. The van der Waals surface area contributed by atoms with Gasteiger partial charge in [-0.1, -0.05) is 12.8 Å². The smallest absolute Gasteiger partial charge is 0.358 e.